The second kappa shape index (κ2) is 3.58. The highest BCUT2D eigenvalue weighted by Gasteiger charge is 1.97. The summed E-state index contributed by atoms with van der Waals surface area (Å²) in [7, 11) is 0. The molecule has 0 unspecified atom stereocenters. The van der Waals surface area contributed by atoms with Crippen molar-refractivity contribution >= 4 is 11.6 Å². The van der Waals surface area contributed by atoms with Crippen LogP contribution in [0.1, 0.15) is 11.4 Å². The number of hydrogen-bond donors (Lipinski definition) is 1. The highest BCUT2D eigenvalue weighted by Crippen LogP contribution is 2.11. The minimum atomic E-state index is 0.751. The predicted molar refractivity (Wildman–Crippen MR) is 50.6 cm³/mol. The van der Waals surface area contributed by atoms with Gasteiger partial charge in [0, 0.05) is 11.4 Å². The number of aromatic nitrogens is 3. The minimum absolute atomic E-state index is 0.751. The van der Waals surface area contributed by atoms with Crippen molar-refractivity contribution in [3.63, 3.8) is 0 Å². The van der Waals surface area contributed by atoms with E-state index in [9.17, 15) is 0 Å². The minimum Gasteiger partial charge on any atom is -0.263 e. The van der Waals surface area contributed by atoms with Crippen LogP contribution in [0.5, 0.6) is 0 Å². The fraction of sp³-hybridized carbons (Fsp3) is 0.111. The molecule has 0 radical (unpaired) electrons. The molecular weight excluding hydrogens is 186 g/mol. The molecule has 0 saturated heterocycles. The third-order valence-corrected chi connectivity index (χ3v) is 2.00. The molecule has 1 N–H and O–H groups in total. The standard InChI is InChI=1S/C9H8ClN3/c10-8-3-1-7(2-4-8)5-9-11-6-12-13-9/h1-4,6H,5H2,(H,11,12,13). The molecule has 1 aromatic heterocycles. The van der Waals surface area contributed by atoms with Crippen molar-refractivity contribution in [1.82, 2.24) is 15.2 Å². The van der Waals surface area contributed by atoms with Crippen molar-refractivity contribution in [2.75, 3.05) is 0 Å². The van der Waals surface area contributed by atoms with Crippen molar-refractivity contribution in [1.29, 1.82) is 0 Å². The van der Waals surface area contributed by atoms with E-state index in [-0.39, 0.29) is 0 Å². The highest BCUT2D eigenvalue weighted by molar-refractivity contribution is 6.30. The smallest absolute Gasteiger partial charge is 0.137 e. The number of aromatic amines is 1. The number of nitrogens with one attached hydrogen (secondary N) is 1. The number of rotatable bonds is 2. The highest BCUT2D eigenvalue weighted by atomic mass is 35.5. The van der Waals surface area contributed by atoms with Crippen molar-refractivity contribution < 1.29 is 0 Å². The summed E-state index contributed by atoms with van der Waals surface area (Å²) in [5, 5.41) is 7.33. The molecule has 66 valence electrons. The topological polar surface area (TPSA) is 41.6 Å². The average molecular weight is 194 g/mol. The molecule has 0 spiro atoms. The van der Waals surface area contributed by atoms with Gasteiger partial charge in [0.1, 0.15) is 12.2 Å². The van der Waals surface area contributed by atoms with E-state index in [1.54, 1.807) is 0 Å². The van der Waals surface area contributed by atoms with Crippen LogP contribution in [0.25, 0.3) is 0 Å². The van der Waals surface area contributed by atoms with Crippen molar-refractivity contribution in [3.8, 4) is 0 Å². The summed E-state index contributed by atoms with van der Waals surface area (Å²) in [5.74, 6) is 0.863. The molecular formula is C9H8ClN3. The zero-order valence-corrected chi connectivity index (χ0v) is 7.62. The number of H-pyrrole nitrogens is 1. The van der Waals surface area contributed by atoms with E-state index < -0.39 is 0 Å². The quantitative estimate of drug-likeness (QED) is 0.793. The molecule has 0 bridgehead atoms. The number of nitrogens with zero attached hydrogens (tertiary/aromatic N) is 2. The van der Waals surface area contributed by atoms with E-state index >= 15 is 0 Å². The molecule has 0 amide bonds. The monoisotopic (exact) mass is 193 g/mol. The zero-order valence-electron chi connectivity index (χ0n) is 6.87. The van der Waals surface area contributed by atoms with E-state index in [2.05, 4.69) is 15.2 Å². The maximum atomic E-state index is 5.76. The van der Waals surface area contributed by atoms with Crippen LogP contribution in [0.4, 0.5) is 0 Å². The van der Waals surface area contributed by atoms with Crippen LogP contribution in [0.3, 0.4) is 0 Å². The number of hydrogen-bond acceptors (Lipinski definition) is 2. The van der Waals surface area contributed by atoms with Gasteiger partial charge in [-0.2, -0.15) is 5.10 Å². The van der Waals surface area contributed by atoms with Gasteiger partial charge in [-0.15, -0.1) is 0 Å². The average Bonchev–Trinajstić information content (AvgIpc) is 2.62. The Kier molecular flexibility index (Phi) is 2.27. The molecule has 13 heavy (non-hydrogen) atoms. The Morgan fingerprint density at radius 3 is 2.62 bits per heavy atom. The van der Waals surface area contributed by atoms with Crippen LogP contribution >= 0.6 is 11.6 Å². The first kappa shape index (κ1) is 8.26. The first-order valence-corrected chi connectivity index (χ1v) is 4.31. The number of halogens is 1. The van der Waals surface area contributed by atoms with Crippen molar-refractivity contribution in [2.45, 2.75) is 6.42 Å². The van der Waals surface area contributed by atoms with Crippen LogP contribution in [0.15, 0.2) is 30.6 Å². The van der Waals surface area contributed by atoms with Crippen molar-refractivity contribution in [2.24, 2.45) is 0 Å². The van der Waals surface area contributed by atoms with Crippen LogP contribution in [0.2, 0.25) is 5.02 Å². The van der Waals surface area contributed by atoms with Gasteiger partial charge in [0.2, 0.25) is 0 Å². The summed E-state index contributed by atoms with van der Waals surface area (Å²) in [6.07, 6.45) is 2.27. The summed E-state index contributed by atoms with van der Waals surface area (Å²) < 4.78 is 0. The lowest BCUT2D eigenvalue weighted by atomic mass is 10.1. The largest absolute Gasteiger partial charge is 0.263 e. The maximum Gasteiger partial charge on any atom is 0.137 e. The molecule has 2 aromatic rings. The third kappa shape index (κ3) is 2.06. The molecule has 0 fully saturated rings. The van der Waals surface area contributed by atoms with E-state index in [0.29, 0.717) is 0 Å². The van der Waals surface area contributed by atoms with Gasteiger partial charge < -0.3 is 0 Å². The first-order valence-electron chi connectivity index (χ1n) is 3.93. The second-order valence-corrected chi connectivity index (χ2v) is 3.17. The molecule has 0 aliphatic carbocycles. The Hall–Kier alpha value is -1.35. The summed E-state index contributed by atoms with van der Waals surface area (Å²) in [6.45, 7) is 0. The maximum absolute atomic E-state index is 5.76. The fourth-order valence-electron chi connectivity index (χ4n) is 1.11. The summed E-state index contributed by atoms with van der Waals surface area (Å²) >= 11 is 5.76. The Morgan fingerprint density at radius 1 is 1.23 bits per heavy atom. The van der Waals surface area contributed by atoms with Crippen LogP contribution in [0, 0.1) is 0 Å². The van der Waals surface area contributed by atoms with Gasteiger partial charge in [0.05, 0.1) is 0 Å². The Morgan fingerprint density at radius 2 is 2.00 bits per heavy atom. The van der Waals surface area contributed by atoms with Crippen LogP contribution in [-0.4, -0.2) is 15.2 Å². The molecule has 0 aliphatic rings. The molecule has 4 heteroatoms. The summed E-state index contributed by atoms with van der Waals surface area (Å²) in [6, 6.07) is 7.69. The predicted octanol–water partition coefficient (Wildman–Crippen LogP) is 2.05. The van der Waals surface area contributed by atoms with E-state index in [4.69, 9.17) is 11.6 Å². The molecule has 0 aliphatic heterocycles. The van der Waals surface area contributed by atoms with Gasteiger partial charge in [-0.05, 0) is 17.7 Å². The summed E-state index contributed by atoms with van der Waals surface area (Å²) in [4.78, 5) is 4.03. The molecule has 3 nitrogen and oxygen atoms in total. The van der Waals surface area contributed by atoms with Gasteiger partial charge in [-0.1, -0.05) is 23.7 Å². The molecule has 0 saturated carbocycles. The molecule has 1 aromatic carbocycles. The van der Waals surface area contributed by atoms with E-state index in [1.165, 1.54) is 11.9 Å². The Bertz CT molecular complexity index is 366. The Balaban J connectivity index is 2.15. The first-order chi connectivity index (χ1) is 6.34. The van der Waals surface area contributed by atoms with Crippen LogP contribution < -0.4 is 0 Å². The van der Waals surface area contributed by atoms with Gasteiger partial charge in [-0.3, -0.25) is 5.10 Å². The molecule has 1 heterocycles. The van der Waals surface area contributed by atoms with Gasteiger partial charge in [-0.25, -0.2) is 4.98 Å². The van der Waals surface area contributed by atoms with Crippen LogP contribution in [-0.2, 0) is 6.42 Å². The van der Waals surface area contributed by atoms with E-state index in [1.807, 2.05) is 24.3 Å². The molecule has 0 atom stereocenters. The lowest BCUT2D eigenvalue weighted by molar-refractivity contribution is 0.972. The summed E-state index contributed by atoms with van der Waals surface area (Å²) in [5.41, 5.74) is 1.17. The molecule has 2 rings (SSSR count). The SMILES string of the molecule is Clc1ccc(Cc2ncn[nH]2)cc1. The van der Waals surface area contributed by atoms with Gasteiger partial charge in [0.25, 0.3) is 0 Å². The third-order valence-electron chi connectivity index (χ3n) is 1.75. The van der Waals surface area contributed by atoms with Gasteiger partial charge in [0.15, 0.2) is 0 Å². The van der Waals surface area contributed by atoms with Gasteiger partial charge >= 0.3 is 0 Å². The second-order valence-electron chi connectivity index (χ2n) is 2.74. The zero-order chi connectivity index (χ0) is 9.10. The van der Waals surface area contributed by atoms with Crippen molar-refractivity contribution in [3.05, 3.63) is 47.0 Å². The fourth-order valence-corrected chi connectivity index (χ4v) is 1.24. The van der Waals surface area contributed by atoms with E-state index in [0.717, 1.165) is 17.3 Å². The lowest BCUT2D eigenvalue weighted by Crippen LogP contribution is -1.89. The Labute approximate surface area is 80.8 Å². The lowest BCUT2D eigenvalue weighted by Gasteiger charge is -1.96. The normalized spacial score (nSPS) is 10.2. The number of benzene rings is 1.